The fourth-order valence-corrected chi connectivity index (χ4v) is 2.58. The fourth-order valence-electron chi connectivity index (χ4n) is 1.63. The van der Waals surface area contributed by atoms with Crippen LogP contribution in [0.2, 0.25) is 0 Å². The topological polar surface area (TPSA) is 33.1 Å². The number of phenolic OH excluding ortho intramolecular Hbond substituents is 1. The molecule has 17 heavy (non-hydrogen) atoms. The zero-order valence-electron chi connectivity index (χ0n) is 8.72. The highest BCUT2D eigenvalue weighted by atomic mass is 32.1. The second-order valence-corrected chi connectivity index (χ2v) is 4.71. The number of phenols is 1. The Morgan fingerprint density at radius 3 is 2.59 bits per heavy atom. The van der Waals surface area contributed by atoms with Crippen LogP contribution >= 0.6 is 11.3 Å². The van der Waals surface area contributed by atoms with E-state index in [9.17, 15) is 9.50 Å². The second kappa shape index (κ2) is 3.82. The van der Waals surface area contributed by atoms with Crippen LogP contribution in [-0.2, 0) is 0 Å². The van der Waals surface area contributed by atoms with Crippen LogP contribution in [0.25, 0.3) is 20.8 Å². The number of aromatic nitrogens is 1. The van der Waals surface area contributed by atoms with Gasteiger partial charge in [-0.2, -0.15) is 0 Å². The molecule has 0 aliphatic rings. The van der Waals surface area contributed by atoms with Crippen LogP contribution in [0.4, 0.5) is 4.39 Å². The molecule has 0 saturated carbocycles. The third kappa shape index (κ3) is 1.87. The van der Waals surface area contributed by atoms with E-state index in [1.54, 1.807) is 24.3 Å². The van der Waals surface area contributed by atoms with E-state index in [2.05, 4.69) is 4.98 Å². The molecule has 2 nitrogen and oxygen atoms in total. The molecule has 2 aromatic carbocycles. The number of hydrogen-bond acceptors (Lipinski definition) is 3. The molecular weight excluding hydrogens is 237 g/mol. The summed E-state index contributed by atoms with van der Waals surface area (Å²) >= 11 is 1.52. The Kier molecular flexibility index (Phi) is 2.30. The van der Waals surface area contributed by atoms with E-state index in [-0.39, 0.29) is 11.6 Å². The zero-order valence-corrected chi connectivity index (χ0v) is 9.54. The predicted octanol–water partition coefficient (Wildman–Crippen LogP) is 3.81. The highest BCUT2D eigenvalue weighted by molar-refractivity contribution is 7.21. The number of nitrogens with zero attached hydrogens (tertiary/aromatic N) is 1. The number of thiazole rings is 1. The van der Waals surface area contributed by atoms with Crippen LogP contribution in [0, 0.1) is 5.82 Å². The lowest BCUT2D eigenvalue weighted by Crippen LogP contribution is -1.77. The summed E-state index contributed by atoms with van der Waals surface area (Å²) in [6, 6.07) is 11.3. The maximum Gasteiger partial charge on any atom is 0.124 e. The minimum absolute atomic E-state index is 0.202. The third-order valence-corrected chi connectivity index (χ3v) is 3.55. The standard InChI is InChI=1S/C13H8FNOS/c14-9-3-1-8(2-4-9)13-15-11-7-10(16)5-6-12(11)17-13/h1-7,16H. The first-order valence-electron chi connectivity index (χ1n) is 5.08. The molecule has 0 aliphatic carbocycles. The highest BCUT2D eigenvalue weighted by Crippen LogP contribution is 2.31. The van der Waals surface area contributed by atoms with Crippen LogP contribution in [0.3, 0.4) is 0 Å². The number of halogens is 1. The van der Waals surface area contributed by atoms with Gasteiger partial charge in [0.05, 0.1) is 10.2 Å². The number of hydrogen-bond donors (Lipinski definition) is 1. The molecule has 3 aromatic rings. The monoisotopic (exact) mass is 245 g/mol. The van der Waals surface area contributed by atoms with Gasteiger partial charge in [0.2, 0.25) is 0 Å². The van der Waals surface area contributed by atoms with E-state index in [4.69, 9.17) is 0 Å². The maximum absolute atomic E-state index is 12.8. The van der Waals surface area contributed by atoms with Crippen molar-refractivity contribution in [3.63, 3.8) is 0 Å². The van der Waals surface area contributed by atoms with Crippen molar-refractivity contribution >= 4 is 21.6 Å². The Labute approximate surface area is 101 Å². The van der Waals surface area contributed by atoms with E-state index >= 15 is 0 Å². The first-order chi connectivity index (χ1) is 8.22. The lowest BCUT2D eigenvalue weighted by molar-refractivity contribution is 0.476. The minimum atomic E-state index is -0.257. The zero-order chi connectivity index (χ0) is 11.8. The van der Waals surface area contributed by atoms with Gasteiger partial charge in [0, 0.05) is 11.6 Å². The molecule has 1 N–H and O–H groups in total. The number of aromatic hydroxyl groups is 1. The molecule has 0 amide bonds. The normalized spacial score (nSPS) is 10.9. The van der Waals surface area contributed by atoms with Crippen molar-refractivity contribution in [2.45, 2.75) is 0 Å². The summed E-state index contributed by atoms with van der Waals surface area (Å²) in [5, 5.41) is 10.2. The van der Waals surface area contributed by atoms with Crippen molar-refractivity contribution in [3.8, 4) is 16.3 Å². The molecule has 1 heterocycles. The third-order valence-electron chi connectivity index (χ3n) is 2.46. The molecule has 0 radical (unpaired) electrons. The summed E-state index contributed by atoms with van der Waals surface area (Å²) in [7, 11) is 0. The van der Waals surface area contributed by atoms with Gasteiger partial charge in [-0.1, -0.05) is 0 Å². The van der Waals surface area contributed by atoms with Crippen molar-refractivity contribution in [1.82, 2.24) is 4.98 Å². The van der Waals surface area contributed by atoms with Crippen LogP contribution in [-0.4, -0.2) is 10.1 Å². The molecule has 0 unspecified atom stereocenters. The summed E-state index contributed by atoms with van der Waals surface area (Å²) in [6.45, 7) is 0. The Bertz CT molecular complexity index is 675. The Balaban J connectivity index is 2.14. The molecule has 0 bridgehead atoms. The Hall–Kier alpha value is -1.94. The fraction of sp³-hybridized carbons (Fsp3) is 0. The van der Waals surface area contributed by atoms with Crippen molar-refractivity contribution < 1.29 is 9.50 Å². The van der Waals surface area contributed by atoms with Crippen LogP contribution in [0.1, 0.15) is 0 Å². The predicted molar refractivity (Wildman–Crippen MR) is 66.7 cm³/mol. The lowest BCUT2D eigenvalue weighted by atomic mass is 10.2. The van der Waals surface area contributed by atoms with Crippen LogP contribution in [0.5, 0.6) is 5.75 Å². The summed E-state index contributed by atoms with van der Waals surface area (Å²) in [6.07, 6.45) is 0. The van der Waals surface area contributed by atoms with Gasteiger partial charge in [-0.05, 0) is 36.4 Å². The maximum atomic E-state index is 12.8. The molecule has 0 fully saturated rings. The van der Waals surface area contributed by atoms with Gasteiger partial charge in [0.25, 0.3) is 0 Å². The number of rotatable bonds is 1. The van der Waals surface area contributed by atoms with Gasteiger partial charge in [-0.3, -0.25) is 0 Å². The Morgan fingerprint density at radius 1 is 1.06 bits per heavy atom. The van der Waals surface area contributed by atoms with Crippen molar-refractivity contribution in [1.29, 1.82) is 0 Å². The molecule has 0 saturated heterocycles. The van der Waals surface area contributed by atoms with Crippen molar-refractivity contribution in [3.05, 3.63) is 48.3 Å². The highest BCUT2D eigenvalue weighted by Gasteiger charge is 2.06. The van der Waals surface area contributed by atoms with Gasteiger partial charge in [0.15, 0.2) is 0 Å². The smallest absolute Gasteiger partial charge is 0.124 e. The first-order valence-corrected chi connectivity index (χ1v) is 5.89. The Morgan fingerprint density at radius 2 is 1.82 bits per heavy atom. The van der Waals surface area contributed by atoms with E-state index in [0.29, 0.717) is 0 Å². The van der Waals surface area contributed by atoms with Gasteiger partial charge in [-0.25, -0.2) is 9.37 Å². The molecule has 0 spiro atoms. The summed E-state index contributed by atoms with van der Waals surface area (Å²) < 4.78 is 13.8. The summed E-state index contributed by atoms with van der Waals surface area (Å²) in [4.78, 5) is 4.41. The van der Waals surface area contributed by atoms with Crippen LogP contribution in [0.15, 0.2) is 42.5 Å². The van der Waals surface area contributed by atoms with E-state index in [0.717, 1.165) is 20.8 Å². The first kappa shape index (κ1) is 10.2. The van der Waals surface area contributed by atoms with Crippen molar-refractivity contribution in [2.24, 2.45) is 0 Å². The quantitative estimate of drug-likeness (QED) is 0.707. The second-order valence-electron chi connectivity index (χ2n) is 3.68. The summed E-state index contributed by atoms with van der Waals surface area (Å²) in [5.41, 5.74) is 1.64. The molecule has 4 heteroatoms. The van der Waals surface area contributed by atoms with Crippen LogP contribution < -0.4 is 0 Å². The average molecular weight is 245 g/mol. The average Bonchev–Trinajstić information content (AvgIpc) is 2.72. The van der Waals surface area contributed by atoms with E-state index < -0.39 is 0 Å². The molecule has 84 valence electrons. The number of fused-ring (bicyclic) bond motifs is 1. The van der Waals surface area contributed by atoms with Gasteiger partial charge < -0.3 is 5.11 Å². The molecule has 3 rings (SSSR count). The van der Waals surface area contributed by atoms with Gasteiger partial charge >= 0.3 is 0 Å². The van der Waals surface area contributed by atoms with E-state index in [1.165, 1.54) is 23.5 Å². The van der Waals surface area contributed by atoms with Crippen molar-refractivity contribution in [2.75, 3.05) is 0 Å². The molecular formula is C13H8FNOS. The lowest BCUT2D eigenvalue weighted by Gasteiger charge is -1.94. The largest absolute Gasteiger partial charge is 0.508 e. The SMILES string of the molecule is Oc1ccc2sc(-c3ccc(F)cc3)nc2c1. The van der Waals surface area contributed by atoms with E-state index in [1.807, 2.05) is 6.07 Å². The minimum Gasteiger partial charge on any atom is -0.508 e. The van der Waals surface area contributed by atoms with Gasteiger partial charge in [-0.15, -0.1) is 11.3 Å². The molecule has 1 aromatic heterocycles. The summed E-state index contributed by atoms with van der Waals surface area (Å²) in [5.74, 6) is -0.0547. The van der Waals surface area contributed by atoms with Gasteiger partial charge in [0.1, 0.15) is 16.6 Å². The number of benzene rings is 2. The molecule has 0 atom stereocenters. The molecule has 0 aliphatic heterocycles.